The van der Waals surface area contributed by atoms with Crippen LogP contribution in [-0.2, 0) is 9.59 Å². The first-order valence-electron chi connectivity index (χ1n) is 8.87. The molecule has 3 amide bonds. The van der Waals surface area contributed by atoms with Gasteiger partial charge in [-0.3, -0.25) is 19.3 Å². The van der Waals surface area contributed by atoms with E-state index in [1.54, 1.807) is 24.3 Å². The van der Waals surface area contributed by atoms with Crippen LogP contribution in [0.1, 0.15) is 54.9 Å². The maximum Gasteiger partial charge on any atom is 0.255 e. The number of anilines is 2. The normalized spacial score (nSPS) is 15.2. The van der Waals surface area contributed by atoms with Gasteiger partial charge in [0.2, 0.25) is 11.8 Å². The number of hydrogen-bond donors (Lipinski definition) is 1. The minimum absolute atomic E-state index is 0.220. The SMILES string of the molecule is CC[C@@H](C)c1ccccc1NC(=O)c1cccc(N2C(=O)CCC2=O)c1. The molecule has 1 aliphatic rings. The largest absolute Gasteiger partial charge is 0.322 e. The topological polar surface area (TPSA) is 66.5 Å². The smallest absolute Gasteiger partial charge is 0.255 e. The molecule has 0 radical (unpaired) electrons. The molecule has 0 unspecified atom stereocenters. The number of hydrogen-bond acceptors (Lipinski definition) is 3. The van der Waals surface area contributed by atoms with Crippen molar-refractivity contribution in [2.45, 2.75) is 39.0 Å². The minimum atomic E-state index is -0.262. The van der Waals surface area contributed by atoms with E-state index in [1.165, 1.54) is 0 Å². The highest BCUT2D eigenvalue weighted by atomic mass is 16.2. The average Bonchev–Trinajstić information content (AvgIpc) is 3.00. The van der Waals surface area contributed by atoms with E-state index in [9.17, 15) is 14.4 Å². The molecule has 5 heteroatoms. The first-order chi connectivity index (χ1) is 12.5. The molecule has 1 saturated heterocycles. The van der Waals surface area contributed by atoms with Gasteiger partial charge in [0.25, 0.3) is 5.91 Å². The van der Waals surface area contributed by atoms with Gasteiger partial charge in [-0.05, 0) is 42.2 Å². The third kappa shape index (κ3) is 3.52. The monoisotopic (exact) mass is 350 g/mol. The van der Waals surface area contributed by atoms with Crippen molar-refractivity contribution in [1.82, 2.24) is 0 Å². The molecule has 1 atom stereocenters. The predicted molar refractivity (Wildman–Crippen MR) is 101 cm³/mol. The van der Waals surface area contributed by atoms with E-state index in [0.717, 1.165) is 22.6 Å². The highest BCUT2D eigenvalue weighted by Crippen LogP contribution is 2.28. The van der Waals surface area contributed by atoms with E-state index in [0.29, 0.717) is 17.2 Å². The standard InChI is InChI=1S/C21H22N2O3/c1-3-14(2)17-9-4-5-10-18(17)22-21(26)15-7-6-8-16(13-15)23-19(24)11-12-20(23)25/h4-10,13-14H,3,11-12H2,1-2H3,(H,22,26)/t14-/m1/s1. The molecular formula is C21H22N2O3. The van der Waals surface area contributed by atoms with E-state index in [-0.39, 0.29) is 30.6 Å². The van der Waals surface area contributed by atoms with Crippen LogP contribution in [0.2, 0.25) is 0 Å². The fourth-order valence-electron chi connectivity index (χ4n) is 3.11. The Morgan fingerprint density at radius 1 is 1.08 bits per heavy atom. The zero-order chi connectivity index (χ0) is 18.7. The summed E-state index contributed by atoms with van der Waals surface area (Å²) in [4.78, 5) is 37.7. The molecule has 3 rings (SSSR count). The summed E-state index contributed by atoms with van der Waals surface area (Å²) < 4.78 is 0. The molecule has 0 aromatic heterocycles. The highest BCUT2D eigenvalue weighted by Gasteiger charge is 2.30. The summed E-state index contributed by atoms with van der Waals surface area (Å²) in [6, 6.07) is 14.4. The Bertz CT molecular complexity index is 844. The fourth-order valence-corrected chi connectivity index (χ4v) is 3.11. The molecular weight excluding hydrogens is 328 g/mol. The van der Waals surface area contributed by atoms with Crippen molar-refractivity contribution in [3.05, 3.63) is 59.7 Å². The average molecular weight is 350 g/mol. The van der Waals surface area contributed by atoms with Gasteiger partial charge in [-0.25, -0.2) is 0 Å². The van der Waals surface area contributed by atoms with Crippen LogP contribution in [0.25, 0.3) is 0 Å². The van der Waals surface area contributed by atoms with Crippen molar-refractivity contribution < 1.29 is 14.4 Å². The van der Waals surface area contributed by atoms with Crippen LogP contribution in [0.4, 0.5) is 11.4 Å². The zero-order valence-corrected chi connectivity index (χ0v) is 15.0. The lowest BCUT2D eigenvalue weighted by atomic mass is 9.97. The van der Waals surface area contributed by atoms with E-state index in [4.69, 9.17) is 0 Å². The summed E-state index contributed by atoms with van der Waals surface area (Å²) in [5.41, 5.74) is 2.73. The Balaban J connectivity index is 1.85. The first-order valence-corrected chi connectivity index (χ1v) is 8.87. The Morgan fingerprint density at radius 3 is 2.46 bits per heavy atom. The van der Waals surface area contributed by atoms with E-state index in [2.05, 4.69) is 19.2 Å². The maximum absolute atomic E-state index is 12.7. The van der Waals surface area contributed by atoms with Crippen molar-refractivity contribution in [3.63, 3.8) is 0 Å². The van der Waals surface area contributed by atoms with Gasteiger partial charge in [0.1, 0.15) is 0 Å². The molecule has 0 saturated carbocycles. The number of amides is 3. The third-order valence-corrected chi connectivity index (χ3v) is 4.77. The van der Waals surface area contributed by atoms with Crippen LogP contribution < -0.4 is 10.2 Å². The van der Waals surface area contributed by atoms with E-state index < -0.39 is 0 Å². The number of nitrogens with one attached hydrogen (secondary N) is 1. The number of imide groups is 1. The highest BCUT2D eigenvalue weighted by molar-refractivity contribution is 6.20. The Labute approximate surface area is 153 Å². The van der Waals surface area contributed by atoms with Crippen molar-refractivity contribution in [2.24, 2.45) is 0 Å². The summed E-state index contributed by atoms with van der Waals surface area (Å²) in [5.74, 6) is -0.385. The van der Waals surface area contributed by atoms with Crippen LogP contribution >= 0.6 is 0 Å². The number of carbonyl (C=O) groups excluding carboxylic acids is 3. The third-order valence-electron chi connectivity index (χ3n) is 4.77. The molecule has 1 aliphatic heterocycles. The van der Waals surface area contributed by atoms with Crippen LogP contribution in [0.3, 0.4) is 0 Å². The molecule has 134 valence electrons. The molecule has 0 aliphatic carbocycles. The molecule has 2 aromatic carbocycles. The molecule has 2 aromatic rings. The van der Waals surface area contributed by atoms with Gasteiger partial charge in [0, 0.05) is 24.1 Å². The number of para-hydroxylation sites is 1. The molecule has 1 heterocycles. The Hall–Kier alpha value is -2.95. The molecule has 26 heavy (non-hydrogen) atoms. The van der Waals surface area contributed by atoms with Crippen molar-refractivity contribution in [3.8, 4) is 0 Å². The van der Waals surface area contributed by atoms with Crippen LogP contribution in [-0.4, -0.2) is 17.7 Å². The number of rotatable bonds is 5. The molecule has 1 N–H and O–H groups in total. The number of carbonyl (C=O) groups is 3. The first kappa shape index (κ1) is 17.9. The van der Waals surface area contributed by atoms with E-state index >= 15 is 0 Å². The molecule has 5 nitrogen and oxygen atoms in total. The van der Waals surface area contributed by atoms with Crippen molar-refractivity contribution in [2.75, 3.05) is 10.2 Å². The van der Waals surface area contributed by atoms with Crippen LogP contribution in [0.15, 0.2) is 48.5 Å². The molecule has 0 bridgehead atoms. The molecule has 0 spiro atoms. The fraction of sp³-hybridized carbons (Fsp3) is 0.286. The van der Waals surface area contributed by atoms with Gasteiger partial charge >= 0.3 is 0 Å². The van der Waals surface area contributed by atoms with Crippen molar-refractivity contribution >= 4 is 29.1 Å². The zero-order valence-electron chi connectivity index (χ0n) is 15.0. The predicted octanol–water partition coefficient (Wildman–Crippen LogP) is 4.11. The molecule has 1 fully saturated rings. The van der Waals surface area contributed by atoms with Gasteiger partial charge < -0.3 is 5.32 Å². The summed E-state index contributed by atoms with van der Waals surface area (Å²) in [6.07, 6.45) is 1.41. The second-order valence-electron chi connectivity index (χ2n) is 6.52. The van der Waals surface area contributed by atoms with Crippen LogP contribution in [0.5, 0.6) is 0 Å². The van der Waals surface area contributed by atoms with Crippen LogP contribution in [0, 0.1) is 0 Å². The van der Waals surface area contributed by atoms with E-state index in [1.807, 2.05) is 24.3 Å². The van der Waals surface area contributed by atoms with Gasteiger partial charge in [-0.1, -0.05) is 38.1 Å². The lowest BCUT2D eigenvalue weighted by molar-refractivity contribution is -0.121. The minimum Gasteiger partial charge on any atom is -0.322 e. The summed E-state index contributed by atoms with van der Waals surface area (Å²) >= 11 is 0. The lowest BCUT2D eigenvalue weighted by Crippen LogP contribution is -2.28. The Kier molecular flexibility index (Phi) is 5.16. The van der Waals surface area contributed by atoms with Gasteiger partial charge in [-0.15, -0.1) is 0 Å². The summed E-state index contributed by atoms with van der Waals surface area (Å²) in [6.45, 7) is 4.23. The lowest BCUT2D eigenvalue weighted by Gasteiger charge is -2.17. The quantitative estimate of drug-likeness (QED) is 0.826. The summed E-state index contributed by atoms with van der Waals surface area (Å²) in [7, 11) is 0. The second kappa shape index (κ2) is 7.52. The van der Waals surface area contributed by atoms with Gasteiger partial charge in [0.15, 0.2) is 0 Å². The number of benzene rings is 2. The maximum atomic E-state index is 12.7. The Morgan fingerprint density at radius 2 is 1.77 bits per heavy atom. The summed E-state index contributed by atoms with van der Waals surface area (Å²) in [5, 5.41) is 2.95. The number of nitrogens with zero attached hydrogens (tertiary/aromatic N) is 1. The van der Waals surface area contributed by atoms with Gasteiger partial charge in [0.05, 0.1) is 5.69 Å². The van der Waals surface area contributed by atoms with Gasteiger partial charge in [-0.2, -0.15) is 0 Å². The van der Waals surface area contributed by atoms with Crippen molar-refractivity contribution in [1.29, 1.82) is 0 Å². The second-order valence-corrected chi connectivity index (χ2v) is 6.52.